The number of nitrogens with one attached hydrogen (secondary N) is 1. The number of rotatable bonds is 1. The molecule has 40 heavy (non-hydrogen) atoms. The molecule has 2 aromatic rings. The van der Waals surface area contributed by atoms with Crippen molar-refractivity contribution in [2.75, 3.05) is 5.32 Å². The van der Waals surface area contributed by atoms with Gasteiger partial charge in [-0.05, 0) is 46.1 Å². The summed E-state index contributed by atoms with van der Waals surface area (Å²) in [5.41, 5.74) is -8.10. The Labute approximate surface area is 227 Å². The number of anilines is 1. The molecule has 2 atom stereocenters. The summed E-state index contributed by atoms with van der Waals surface area (Å²) in [7, 11) is 0. The van der Waals surface area contributed by atoms with Gasteiger partial charge >= 0.3 is 18.4 Å². The summed E-state index contributed by atoms with van der Waals surface area (Å²) in [5.74, 6) is -2.05. The van der Waals surface area contributed by atoms with Gasteiger partial charge in [-0.15, -0.1) is 10.2 Å². The van der Waals surface area contributed by atoms with Crippen molar-refractivity contribution >= 4 is 11.8 Å². The Bertz CT molecular complexity index is 1150. The van der Waals surface area contributed by atoms with Crippen LogP contribution in [-0.2, 0) is 16.5 Å². The highest BCUT2D eigenvalue weighted by Gasteiger charge is 2.58. The number of hydrogen-bond donors (Lipinski definition) is 3. The zero-order valence-electron chi connectivity index (χ0n) is 22.8. The lowest BCUT2D eigenvalue weighted by molar-refractivity contribution is -0.277. The number of pyridine rings is 1. The lowest BCUT2D eigenvalue weighted by Crippen LogP contribution is -2.42. The fourth-order valence-electron chi connectivity index (χ4n) is 3.75. The Morgan fingerprint density at radius 3 is 2.25 bits per heavy atom. The van der Waals surface area contributed by atoms with Crippen LogP contribution in [0.5, 0.6) is 0 Å². The molecule has 0 spiro atoms. The van der Waals surface area contributed by atoms with Crippen molar-refractivity contribution in [1.82, 2.24) is 15.2 Å². The van der Waals surface area contributed by atoms with E-state index >= 15 is 0 Å². The van der Waals surface area contributed by atoms with Crippen molar-refractivity contribution in [1.29, 1.82) is 0 Å². The normalized spacial score (nSPS) is 20.6. The third kappa shape index (κ3) is 8.29. The summed E-state index contributed by atoms with van der Waals surface area (Å²) in [6, 6.07) is 0.455. The molecule has 1 amide bonds. The van der Waals surface area contributed by atoms with E-state index in [9.17, 15) is 41.4 Å². The maximum atomic E-state index is 13.9. The minimum Gasteiger partial charge on any atom is -0.444 e. The molecule has 0 fully saturated rings. The molecule has 226 valence electrons. The number of carbonyl (C=O) groups is 1. The van der Waals surface area contributed by atoms with E-state index in [1.807, 2.05) is 0 Å². The second-order valence-electron chi connectivity index (χ2n) is 10.4. The lowest BCUT2D eigenvalue weighted by Gasteiger charge is -2.27. The predicted molar refractivity (Wildman–Crippen MR) is 131 cm³/mol. The zero-order valence-corrected chi connectivity index (χ0v) is 22.8. The van der Waals surface area contributed by atoms with Crippen LogP contribution in [0.2, 0.25) is 0 Å². The quantitative estimate of drug-likeness (QED) is 0.304. The highest BCUT2D eigenvalue weighted by molar-refractivity contribution is 5.89. The number of aliphatic hydroxyl groups excluding tert-OH is 1. The number of hydrogen-bond acceptors (Lipinski definition) is 8. The molecule has 0 aliphatic carbocycles. The van der Waals surface area contributed by atoms with Gasteiger partial charge in [0.15, 0.2) is 5.69 Å². The first kappa shape index (κ1) is 33.3. The molecular formula is C25H34F6N4O5. The third-order valence-corrected chi connectivity index (χ3v) is 5.53. The number of fused-ring (bicyclic) bond motifs is 5. The first-order chi connectivity index (χ1) is 18.3. The highest BCUT2D eigenvalue weighted by Crippen LogP contribution is 2.44. The standard InChI is InChI=1S/C22H26F6N4O5.C3H8/c1-19(2,3)37-18(34)29-12-10-11(21(23,24)25)14-13(33)8-6-4-5-7-9-20(35,22(26,27)28)17-32-31-16(36-17)15(12)30-14;1-3-2/h10,13,33,35H,4-9H2,1-3H3,(H,29,34);3H2,1-2H3. The van der Waals surface area contributed by atoms with E-state index < -0.39 is 76.6 Å². The van der Waals surface area contributed by atoms with E-state index in [1.165, 1.54) is 27.2 Å². The molecule has 2 unspecified atom stereocenters. The topological polar surface area (TPSA) is 131 Å². The monoisotopic (exact) mass is 584 g/mol. The molecule has 2 aromatic heterocycles. The molecule has 1 aliphatic heterocycles. The fourth-order valence-corrected chi connectivity index (χ4v) is 3.75. The number of aliphatic hydroxyl groups is 2. The van der Waals surface area contributed by atoms with Gasteiger partial charge in [-0.25, -0.2) is 9.78 Å². The van der Waals surface area contributed by atoms with Crippen molar-refractivity contribution in [3.63, 3.8) is 0 Å². The van der Waals surface area contributed by atoms with Gasteiger partial charge in [0.25, 0.3) is 11.8 Å². The number of halogens is 6. The fraction of sp³-hybridized carbons (Fsp3) is 0.680. The van der Waals surface area contributed by atoms with Gasteiger partial charge in [0.2, 0.25) is 5.60 Å². The second kappa shape index (κ2) is 12.7. The molecule has 3 N–H and O–H groups in total. The minimum atomic E-state index is -5.21. The molecule has 9 nitrogen and oxygen atoms in total. The van der Waals surface area contributed by atoms with E-state index in [4.69, 9.17) is 9.15 Å². The molecule has 3 rings (SSSR count). The number of nitrogens with zero attached hydrogens (tertiary/aromatic N) is 3. The van der Waals surface area contributed by atoms with Crippen molar-refractivity contribution in [3.05, 3.63) is 23.2 Å². The Kier molecular flexibility index (Phi) is 10.6. The van der Waals surface area contributed by atoms with Crippen LogP contribution in [0.15, 0.2) is 10.5 Å². The Balaban J connectivity index is 0.00000178. The van der Waals surface area contributed by atoms with E-state index in [1.54, 1.807) is 0 Å². The summed E-state index contributed by atoms with van der Waals surface area (Å²) in [6.45, 7) is 8.75. The van der Waals surface area contributed by atoms with Gasteiger partial charge < -0.3 is 19.4 Å². The Hall–Kier alpha value is -2.94. The smallest absolute Gasteiger partial charge is 0.426 e. The van der Waals surface area contributed by atoms with Gasteiger partial charge in [-0.1, -0.05) is 39.5 Å². The largest absolute Gasteiger partial charge is 0.444 e. The van der Waals surface area contributed by atoms with Gasteiger partial charge in [0.05, 0.1) is 23.0 Å². The van der Waals surface area contributed by atoms with Crippen LogP contribution in [0.1, 0.15) is 103 Å². The maximum absolute atomic E-state index is 13.9. The molecule has 0 radical (unpaired) electrons. The Morgan fingerprint density at radius 1 is 1.10 bits per heavy atom. The summed E-state index contributed by atoms with van der Waals surface area (Å²) >= 11 is 0. The summed E-state index contributed by atoms with van der Waals surface area (Å²) in [6.07, 6.45) is -12.3. The molecule has 1 aliphatic rings. The summed E-state index contributed by atoms with van der Waals surface area (Å²) in [5, 5.41) is 29.8. The Morgan fingerprint density at radius 2 is 1.70 bits per heavy atom. The van der Waals surface area contributed by atoms with Crippen LogP contribution in [0.3, 0.4) is 0 Å². The molecular weight excluding hydrogens is 550 g/mol. The van der Waals surface area contributed by atoms with Crippen molar-refractivity contribution in [2.24, 2.45) is 0 Å². The SMILES string of the molecule is CC(C)(C)OC(=O)Nc1cc(C(F)(F)F)c2nc1-c1nnc(o1)C(O)(C(F)(F)F)CCCCCCC2O.CCC. The first-order valence-electron chi connectivity index (χ1n) is 12.8. The number of amides is 1. The van der Waals surface area contributed by atoms with Gasteiger partial charge in [0, 0.05) is 0 Å². The lowest BCUT2D eigenvalue weighted by atomic mass is 9.94. The van der Waals surface area contributed by atoms with Crippen LogP contribution >= 0.6 is 0 Å². The number of aromatic nitrogens is 3. The molecule has 3 heterocycles. The third-order valence-electron chi connectivity index (χ3n) is 5.53. The second-order valence-corrected chi connectivity index (χ2v) is 10.4. The van der Waals surface area contributed by atoms with Gasteiger partial charge in [-0.2, -0.15) is 26.3 Å². The van der Waals surface area contributed by atoms with E-state index in [0.29, 0.717) is 6.07 Å². The van der Waals surface area contributed by atoms with E-state index in [-0.39, 0.29) is 32.1 Å². The van der Waals surface area contributed by atoms with E-state index in [2.05, 4.69) is 34.3 Å². The summed E-state index contributed by atoms with van der Waals surface area (Å²) < 4.78 is 93.3. The molecule has 4 bridgehead atoms. The highest BCUT2D eigenvalue weighted by atomic mass is 19.4. The summed E-state index contributed by atoms with van der Waals surface area (Å²) in [4.78, 5) is 16.1. The average Bonchev–Trinajstić information content (AvgIpc) is 3.28. The number of ether oxygens (including phenoxy) is 1. The van der Waals surface area contributed by atoms with Crippen LogP contribution in [0.25, 0.3) is 11.6 Å². The first-order valence-corrected chi connectivity index (χ1v) is 12.8. The molecule has 0 saturated carbocycles. The van der Waals surface area contributed by atoms with Crippen molar-refractivity contribution < 1.29 is 50.5 Å². The van der Waals surface area contributed by atoms with Gasteiger partial charge in [-0.3, -0.25) is 5.32 Å². The van der Waals surface area contributed by atoms with Crippen molar-refractivity contribution in [2.45, 2.75) is 109 Å². The van der Waals surface area contributed by atoms with Gasteiger partial charge in [0.1, 0.15) is 5.60 Å². The maximum Gasteiger partial charge on any atom is 0.426 e. The van der Waals surface area contributed by atoms with Crippen LogP contribution in [-0.4, -0.2) is 43.3 Å². The van der Waals surface area contributed by atoms with Crippen LogP contribution in [0.4, 0.5) is 36.8 Å². The molecule has 0 aromatic carbocycles. The van der Waals surface area contributed by atoms with Crippen LogP contribution < -0.4 is 5.32 Å². The number of carbonyl (C=O) groups excluding carboxylic acids is 1. The molecule has 15 heteroatoms. The average molecular weight is 585 g/mol. The van der Waals surface area contributed by atoms with Crippen LogP contribution in [0, 0.1) is 0 Å². The van der Waals surface area contributed by atoms with Crippen molar-refractivity contribution in [3.8, 4) is 11.6 Å². The van der Waals surface area contributed by atoms with E-state index in [0.717, 1.165) is 0 Å². The minimum absolute atomic E-state index is 0.118. The predicted octanol–water partition coefficient (Wildman–Crippen LogP) is 7.05. The number of alkyl halides is 6. The zero-order chi connectivity index (χ0) is 30.5. The molecule has 0 saturated heterocycles.